The number of nitrogens with one attached hydrogen (secondary N) is 1. The molecule has 1 unspecified atom stereocenters. The molecule has 0 bridgehead atoms. The molecule has 2 rings (SSSR count). The molecule has 2 N–H and O–H groups in total. The molecule has 0 saturated heterocycles. The number of aliphatic carboxylic acids is 1. The molecule has 5 heteroatoms. The van der Waals surface area contributed by atoms with E-state index < -0.39 is 12.0 Å². The highest BCUT2D eigenvalue weighted by molar-refractivity contribution is 9.10. The van der Waals surface area contributed by atoms with Crippen molar-refractivity contribution in [2.24, 2.45) is 0 Å². The standard InChI is InChI=1S/C11H11BrClNO2/c12-6-1-4-8(9(13)5-6)10(11(15)16)14-7-2-3-7/h1,4-5,7,10,14H,2-3H2,(H,15,16). The van der Waals surface area contributed by atoms with Crippen molar-refractivity contribution in [3.05, 3.63) is 33.3 Å². The van der Waals surface area contributed by atoms with Crippen LogP contribution in [0.3, 0.4) is 0 Å². The van der Waals surface area contributed by atoms with Gasteiger partial charge in [-0.15, -0.1) is 0 Å². The van der Waals surface area contributed by atoms with Gasteiger partial charge in [-0.2, -0.15) is 0 Å². The molecule has 1 saturated carbocycles. The van der Waals surface area contributed by atoms with Gasteiger partial charge in [0.15, 0.2) is 0 Å². The Labute approximate surface area is 107 Å². The van der Waals surface area contributed by atoms with Gasteiger partial charge in [-0.1, -0.05) is 33.6 Å². The van der Waals surface area contributed by atoms with Gasteiger partial charge in [-0.3, -0.25) is 10.1 Å². The van der Waals surface area contributed by atoms with E-state index in [1.54, 1.807) is 18.2 Å². The molecule has 3 nitrogen and oxygen atoms in total. The molecule has 0 radical (unpaired) electrons. The molecule has 1 aromatic rings. The van der Waals surface area contributed by atoms with Crippen LogP contribution < -0.4 is 5.32 Å². The maximum Gasteiger partial charge on any atom is 0.325 e. The first-order valence-corrected chi connectivity index (χ1v) is 6.19. The van der Waals surface area contributed by atoms with Gasteiger partial charge in [-0.25, -0.2) is 0 Å². The largest absolute Gasteiger partial charge is 0.480 e. The molecular formula is C11H11BrClNO2. The molecule has 1 aromatic carbocycles. The average Bonchev–Trinajstić information content (AvgIpc) is 2.98. The summed E-state index contributed by atoms with van der Waals surface area (Å²) in [6.45, 7) is 0. The fourth-order valence-electron chi connectivity index (χ4n) is 1.52. The molecule has 0 spiro atoms. The van der Waals surface area contributed by atoms with Gasteiger partial charge in [-0.05, 0) is 30.5 Å². The van der Waals surface area contributed by atoms with E-state index in [4.69, 9.17) is 16.7 Å². The van der Waals surface area contributed by atoms with E-state index in [2.05, 4.69) is 21.2 Å². The molecular weight excluding hydrogens is 293 g/mol. The van der Waals surface area contributed by atoms with Crippen LogP contribution in [0.5, 0.6) is 0 Å². The second-order valence-electron chi connectivity index (χ2n) is 3.88. The third-order valence-corrected chi connectivity index (χ3v) is 3.32. The normalized spacial score (nSPS) is 17.1. The Morgan fingerprint density at radius 2 is 2.25 bits per heavy atom. The molecule has 1 fully saturated rings. The fourth-order valence-corrected chi connectivity index (χ4v) is 2.30. The Morgan fingerprint density at radius 3 is 2.75 bits per heavy atom. The van der Waals surface area contributed by atoms with Crippen molar-refractivity contribution in [2.75, 3.05) is 0 Å². The average molecular weight is 305 g/mol. The summed E-state index contributed by atoms with van der Waals surface area (Å²) in [5, 5.41) is 12.7. The first-order valence-electron chi connectivity index (χ1n) is 5.01. The van der Waals surface area contributed by atoms with Crippen LogP contribution in [0, 0.1) is 0 Å². The predicted octanol–water partition coefficient (Wildman–Crippen LogP) is 2.98. The second-order valence-corrected chi connectivity index (χ2v) is 5.20. The van der Waals surface area contributed by atoms with Gasteiger partial charge in [0.05, 0.1) is 0 Å². The topological polar surface area (TPSA) is 49.3 Å². The Bertz CT molecular complexity index is 420. The Hall–Kier alpha value is -0.580. The SMILES string of the molecule is O=C(O)C(NC1CC1)c1ccc(Br)cc1Cl. The zero-order chi connectivity index (χ0) is 11.7. The Kier molecular flexibility index (Phi) is 3.52. The first kappa shape index (κ1) is 11.9. The van der Waals surface area contributed by atoms with Crippen molar-refractivity contribution >= 4 is 33.5 Å². The summed E-state index contributed by atoms with van der Waals surface area (Å²) >= 11 is 9.33. The number of benzene rings is 1. The summed E-state index contributed by atoms with van der Waals surface area (Å²) in [4.78, 5) is 11.2. The van der Waals surface area contributed by atoms with Crippen LogP contribution >= 0.6 is 27.5 Å². The van der Waals surface area contributed by atoms with Crippen molar-refractivity contribution in [3.8, 4) is 0 Å². The van der Waals surface area contributed by atoms with Crippen molar-refractivity contribution < 1.29 is 9.90 Å². The van der Waals surface area contributed by atoms with Crippen molar-refractivity contribution in [2.45, 2.75) is 24.9 Å². The lowest BCUT2D eigenvalue weighted by atomic mass is 10.1. The van der Waals surface area contributed by atoms with Gasteiger partial charge < -0.3 is 5.11 Å². The number of carboxylic acids is 1. The molecule has 0 aliphatic heterocycles. The Balaban J connectivity index is 2.26. The number of carbonyl (C=O) groups is 1. The molecule has 16 heavy (non-hydrogen) atoms. The zero-order valence-corrected chi connectivity index (χ0v) is 10.8. The van der Waals surface area contributed by atoms with Gasteiger partial charge in [0, 0.05) is 15.5 Å². The van der Waals surface area contributed by atoms with Crippen LogP contribution in [-0.2, 0) is 4.79 Å². The predicted molar refractivity (Wildman–Crippen MR) is 65.7 cm³/mol. The summed E-state index contributed by atoms with van der Waals surface area (Å²) in [7, 11) is 0. The van der Waals surface area contributed by atoms with Crippen LogP contribution in [0.25, 0.3) is 0 Å². The highest BCUT2D eigenvalue weighted by Crippen LogP contribution is 2.30. The van der Waals surface area contributed by atoms with E-state index in [1.165, 1.54) is 0 Å². The van der Waals surface area contributed by atoms with E-state index in [-0.39, 0.29) is 0 Å². The highest BCUT2D eigenvalue weighted by atomic mass is 79.9. The van der Waals surface area contributed by atoms with E-state index in [1.807, 2.05) is 0 Å². The van der Waals surface area contributed by atoms with Crippen LogP contribution in [0.15, 0.2) is 22.7 Å². The number of hydrogen-bond donors (Lipinski definition) is 2. The molecule has 0 amide bonds. The van der Waals surface area contributed by atoms with Crippen molar-refractivity contribution in [1.29, 1.82) is 0 Å². The van der Waals surface area contributed by atoms with E-state index >= 15 is 0 Å². The minimum absolute atomic E-state index is 0.320. The zero-order valence-electron chi connectivity index (χ0n) is 8.41. The summed E-state index contributed by atoms with van der Waals surface area (Å²) < 4.78 is 0.844. The lowest BCUT2D eigenvalue weighted by molar-refractivity contribution is -0.139. The van der Waals surface area contributed by atoms with Gasteiger partial charge in [0.1, 0.15) is 6.04 Å². The molecule has 1 atom stereocenters. The first-order chi connectivity index (χ1) is 7.58. The van der Waals surface area contributed by atoms with Crippen LogP contribution in [-0.4, -0.2) is 17.1 Å². The van der Waals surface area contributed by atoms with Crippen molar-refractivity contribution in [1.82, 2.24) is 5.32 Å². The number of carboxylic acid groups (broad SMARTS) is 1. The minimum Gasteiger partial charge on any atom is -0.480 e. The van der Waals surface area contributed by atoms with Gasteiger partial charge in [0.25, 0.3) is 0 Å². The van der Waals surface area contributed by atoms with Crippen LogP contribution in [0.1, 0.15) is 24.4 Å². The summed E-state index contributed by atoms with van der Waals surface area (Å²) in [5.41, 5.74) is 0.615. The van der Waals surface area contributed by atoms with Gasteiger partial charge in [0.2, 0.25) is 0 Å². The smallest absolute Gasteiger partial charge is 0.325 e. The minimum atomic E-state index is -0.892. The number of rotatable bonds is 4. The van der Waals surface area contributed by atoms with E-state index in [0.717, 1.165) is 17.3 Å². The van der Waals surface area contributed by atoms with Crippen LogP contribution in [0.2, 0.25) is 5.02 Å². The van der Waals surface area contributed by atoms with E-state index in [9.17, 15) is 4.79 Å². The third-order valence-electron chi connectivity index (χ3n) is 2.50. The number of hydrogen-bond acceptors (Lipinski definition) is 2. The molecule has 86 valence electrons. The molecule has 0 heterocycles. The third kappa shape index (κ3) is 2.75. The maximum absolute atomic E-state index is 11.2. The van der Waals surface area contributed by atoms with Crippen molar-refractivity contribution in [3.63, 3.8) is 0 Å². The summed E-state index contributed by atoms with van der Waals surface area (Å²) in [6.07, 6.45) is 2.08. The highest BCUT2D eigenvalue weighted by Gasteiger charge is 2.30. The fraction of sp³-hybridized carbons (Fsp3) is 0.364. The number of halogens is 2. The lowest BCUT2D eigenvalue weighted by Gasteiger charge is -2.15. The molecule has 1 aliphatic carbocycles. The lowest BCUT2D eigenvalue weighted by Crippen LogP contribution is -2.30. The second kappa shape index (κ2) is 4.73. The maximum atomic E-state index is 11.2. The van der Waals surface area contributed by atoms with Crippen LogP contribution in [0.4, 0.5) is 0 Å². The van der Waals surface area contributed by atoms with E-state index in [0.29, 0.717) is 16.6 Å². The Morgan fingerprint density at radius 1 is 1.56 bits per heavy atom. The summed E-state index contributed by atoms with van der Waals surface area (Å²) in [5.74, 6) is -0.892. The molecule has 0 aromatic heterocycles. The monoisotopic (exact) mass is 303 g/mol. The van der Waals surface area contributed by atoms with Gasteiger partial charge >= 0.3 is 5.97 Å². The molecule has 1 aliphatic rings. The summed E-state index contributed by atoms with van der Waals surface area (Å²) in [6, 6.07) is 4.85. The quantitative estimate of drug-likeness (QED) is 0.899.